The molecule has 2 saturated heterocycles. The predicted octanol–water partition coefficient (Wildman–Crippen LogP) is -1.23. The number of ketones is 3. The number of phenols is 3. The van der Waals surface area contributed by atoms with E-state index in [4.69, 9.17) is 23.7 Å². The number of phenolic OH excluding ortho intramolecular Hbond substituents is 3. The van der Waals surface area contributed by atoms with Crippen LogP contribution in [-0.2, 0) is 14.2 Å². The first-order valence-electron chi connectivity index (χ1n) is 16.5. The maximum absolute atomic E-state index is 14.3. The summed E-state index contributed by atoms with van der Waals surface area (Å²) in [7, 11) is 1.21. The molecule has 3 aromatic rings. The lowest BCUT2D eigenvalue weighted by Crippen LogP contribution is -2.62. The van der Waals surface area contributed by atoms with Crippen LogP contribution in [-0.4, -0.2) is 150 Å². The first-order valence-corrected chi connectivity index (χ1v) is 16.5. The second kappa shape index (κ2) is 14.8. The maximum atomic E-state index is 14.3. The van der Waals surface area contributed by atoms with E-state index >= 15 is 0 Å². The summed E-state index contributed by atoms with van der Waals surface area (Å²) in [5, 5.41) is 105. The number of aromatic hydroxyl groups is 3. The van der Waals surface area contributed by atoms with Crippen LogP contribution in [0.5, 0.6) is 28.7 Å². The van der Waals surface area contributed by atoms with Gasteiger partial charge in [-0.2, -0.15) is 0 Å². The largest absolute Gasteiger partial charge is 0.507 e. The van der Waals surface area contributed by atoms with Gasteiger partial charge in [0.25, 0.3) is 0 Å². The Morgan fingerprint density at radius 3 is 1.96 bits per heavy atom. The Hall–Kier alpha value is -4.73. The van der Waals surface area contributed by atoms with E-state index in [0.717, 1.165) is 19.1 Å². The molecule has 6 rings (SSSR count). The van der Waals surface area contributed by atoms with Crippen LogP contribution in [0.2, 0.25) is 0 Å². The number of aliphatic hydroxyl groups is 7. The van der Waals surface area contributed by atoms with E-state index in [9.17, 15) is 65.4 Å². The van der Waals surface area contributed by atoms with Gasteiger partial charge in [0.15, 0.2) is 17.9 Å². The Bertz CT molecular complexity index is 1990. The molecule has 1 aliphatic carbocycles. The van der Waals surface area contributed by atoms with Crippen molar-refractivity contribution in [1.82, 2.24) is 0 Å². The van der Waals surface area contributed by atoms with Gasteiger partial charge in [-0.05, 0) is 31.5 Å². The van der Waals surface area contributed by atoms with E-state index in [1.165, 1.54) is 32.2 Å². The average molecular weight is 759 g/mol. The third kappa shape index (κ3) is 6.35. The lowest BCUT2D eigenvalue weighted by Gasteiger charge is -2.42. The van der Waals surface area contributed by atoms with Gasteiger partial charge in [-0.25, -0.2) is 0 Å². The van der Waals surface area contributed by atoms with Crippen LogP contribution in [0.3, 0.4) is 0 Å². The fraction of sp³-hybridized carbons (Fsp3) is 0.417. The highest BCUT2D eigenvalue weighted by atomic mass is 16.7. The van der Waals surface area contributed by atoms with Crippen LogP contribution in [0.4, 0.5) is 0 Å². The second-order valence-electron chi connectivity index (χ2n) is 13.1. The van der Waals surface area contributed by atoms with Gasteiger partial charge >= 0.3 is 0 Å². The molecule has 0 saturated carbocycles. The monoisotopic (exact) mass is 758 g/mol. The lowest BCUT2D eigenvalue weighted by atomic mass is 9.77. The number of carbonyl (C=O) groups is 3. The van der Waals surface area contributed by atoms with Crippen molar-refractivity contribution in [3.8, 4) is 39.9 Å². The first kappa shape index (κ1) is 39.0. The number of aryl methyl sites for hydroxylation is 1. The minimum atomic E-state index is -1.96. The Balaban J connectivity index is 1.34. The van der Waals surface area contributed by atoms with E-state index in [0.29, 0.717) is 0 Å². The number of hydrogen-bond donors (Lipinski definition) is 10. The molecule has 10 N–H and O–H groups in total. The summed E-state index contributed by atoms with van der Waals surface area (Å²) >= 11 is 0. The summed E-state index contributed by atoms with van der Waals surface area (Å²) in [6.07, 6.45) is -17.3. The third-order valence-electron chi connectivity index (χ3n) is 9.71. The molecule has 54 heavy (non-hydrogen) atoms. The summed E-state index contributed by atoms with van der Waals surface area (Å²) in [6, 6.07) is 5.99. The highest BCUT2D eigenvalue weighted by Gasteiger charge is 2.48. The number of hydrogen-bond acceptors (Lipinski definition) is 18. The molecule has 0 spiro atoms. The molecule has 10 atom stereocenters. The Morgan fingerprint density at radius 2 is 1.33 bits per heavy atom. The lowest BCUT2D eigenvalue weighted by molar-refractivity contribution is -0.323. The SMILES string of the molecule is COc1cc(O)c(-c2c(C)cc(O)c3c2C(=O)c2cccc(O[C@@H]4O[C@H](CO[C@@H]5O[C@H](CO)[C@@H](O)[C@H](O)[C@H]5O)[C@@H](O)[C@H](O)[C@H]4O)c2C3=O)c(O)c1C(C)=O. The number of fused-ring (bicyclic) bond motifs is 2. The second-order valence-corrected chi connectivity index (χ2v) is 13.1. The van der Waals surface area contributed by atoms with Gasteiger partial charge in [0.05, 0.1) is 37.0 Å². The van der Waals surface area contributed by atoms with Crippen LogP contribution in [0.15, 0.2) is 30.3 Å². The van der Waals surface area contributed by atoms with Crippen LogP contribution in [0, 0.1) is 6.92 Å². The molecule has 18 nitrogen and oxygen atoms in total. The number of rotatable bonds is 9. The van der Waals surface area contributed by atoms with Crippen molar-refractivity contribution in [3.05, 3.63) is 63.7 Å². The molecular weight excluding hydrogens is 720 g/mol. The normalized spacial score (nSPS) is 29.4. The first-order chi connectivity index (χ1) is 25.5. The quantitative estimate of drug-likeness (QED) is 0.0894. The standard InChI is InChI=1S/C36H38O18/c1-11-7-14(39)24-25(20(11)23-15(40)8-17(50-3)21(12(2)38)29(23)44)26(41)13-5-4-6-16(22(13)30(24)45)52-36-34(49)32(47)28(43)19(54-36)10-51-35-33(48)31(46)27(42)18(9-37)53-35/h4-8,18-19,27-28,31-37,39-40,42-44,46-49H,9-10H2,1-3H3/t18-,19-,27-,28-,31+,32+,33-,34-,35-,36-/m1/s1. The van der Waals surface area contributed by atoms with E-state index in [-0.39, 0.29) is 39.3 Å². The van der Waals surface area contributed by atoms with E-state index in [1.54, 1.807) is 0 Å². The van der Waals surface area contributed by atoms with Crippen molar-refractivity contribution in [2.24, 2.45) is 0 Å². The van der Waals surface area contributed by atoms with Crippen molar-refractivity contribution in [2.45, 2.75) is 75.3 Å². The summed E-state index contributed by atoms with van der Waals surface area (Å²) in [6.45, 7) is 1.18. The Kier molecular flexibility index (Phi) is 10.7. The van der Waals surface area contributed by atoms with Gasteiger partial charge in [0.1, 0.15) is 83.1 Å². The minimum Gasteiger partial charge on any atom is -0.507 e. The molecule has 2 aliphatic heterocycles. The van der Waals surface area contributed by atoms with Gasteiger partial charge in [0, 0.05) is 22.8 Å². The van der Waals surface area contributed by atoms with Crippen molar-refractivity contribution < 1.29 is 89.1 Å². The summed E-state index contributed by atoms with van der Waals surface area (Å²) in [4.78, 5) is 41.0. The summed E-state index contributed by atoms with van der Waals surface area (Å²) in [5.74, 6) is -5.01. The Labute approximate surface area is 305 Å². The molecule has 2 heterocycles. The van der Waals surface area contributed by atoms with Crippen molar-refractivity contribution >= 4 is 17.3 Å². The van der Waals surface area contributed by atoms with Crippen LogP contribution in [0.1, 0.15) is 54.7 Å². The highest BCUT2D eigenvalue weighted by Crippen LogP contribution is 2.50. The van der Waals surface area contributed by atoms with Crippen LogP contribution >= 0.6 is 0 Å². The van der Waals surface area contributed by atoms with Crippen molar-refractivity contribution in [2.75, 3.05) is 20.3 Å². The van der Waals surface area contributed by atoms with Crippen molar-refractivity contribution in [3.63, 3.8) is 0 Å². The zero-order valence-corrected chi connectivity index (χ0v) is 28.8. The molecule has 3 aromatic carbocycles. The van der Waals surface area contributed by atoms with E-state index in [1.807, 2.05) is 0 Å². The number of aliphatic hydroxyl groups excluding tert-OH is 7. The number of ether oxygens (including phenoxy) is 5. The summed E-state index contributed by atoms with van der Waals surface area (Å²) in [5.41, 5.74) is -2.36. The predicted molar refractivity (Wildman–Crippen MR) is 179 cm³/mol. The molecule has 0 radical (unpaired) electrons. The average Bonchev–Trinajstić information content (AvgIpc) is 3.13. The third-order valence-corrected chi connectivity index (χ3v) is 9.71. The topological polar surface area (TPSA) is 300 Å². The zero-order valence-electron chi connectivity index (χ0n) is 28.8. The summed E-state index contributed by atoms with van der Waals surface area (Å²) < 4.78 is 27.4. The fourth-order valence-corrected chi connectivity index (χ4v) is 6.94. The molecule has 2 fully saturated rings. The number of Topliss-reactive ketones (excluding diaryl/α,β-unsaturated/α-hetero) is 1. The number of methoxy groups -OCH3 is 1. The fourth-order valence-electron chi connectivity index (χ4n) is 6.94. The molecule has 0 bridgehead atoms. The van der Waals surface area contributed by atoms with Crippen LogP contribution < -0.4 is 9.47 Å². The van der Waals surface area contributed by atoms with Gasteiger partial charge in [-0.3, -0.25) is 14.4 Å². The zero-order chi connectivity index (χ0) is 39.5. The molecular formula is C36H38O18. The number of carbonyl (C=O) groups excluding carboxylic acids is 3. The smallest absolute Gasteiger partial charge is 0.229 e. The molecule has 3 aliphatic rings. The molecule has 0 amide bonds. The number of benzene rings is 3. The van der Waals surface area contributed by atoms with Gasteiger partial charge in [-0.15, -0.1) is 0 Å². The minimum absolute atomic E-state index is 0.136. The van der Waals surface area contributed by atoms with Gasteiger partial charge in [-0.1, -0.05) is 12.1 Å². The van der Waals surface area contributed by atoms with Gasteiger partial charge in [0.2, 0.25) is 12.1 Å². The maximum Gasteiger partial charge on any atom is 0.229 e. The van der Waals surface area contributed by atoms with Crippen molar-refractivity contribution in [1.29, 1.82) is 0 Å². The molecule has 0 unspecified atom stereocenters. The highest BCUT2D eigenvalue weighted by molar-refractivity contribution is 6.32. The molecule has 290 valence electrons. The van der Waals surface area contributed by atoms with E-state index in [2.05, 4.69) is 0 Å². The van der Waals surface area contributed by atoms with Gasteiger partial charge < -0.3 is 74.7 Å². The van der Waals surface area contributed by atoms with E-state index < -0.39 is 126 Å². The molecule has 0 aromatic heterocycles. The molecule has 18 heteroatoms. The Morgan fingerprint density at radius 1 is 0.722 bits per heavy atom. The van der Waals surface area contributed by atoms with Crippen LogP contribution in [0.25, 0.3) is 11.1 Å².